The number of aromatic nitrogens is 2. The maximum Gasteiger partial charge on any atom is 0.251 e. The Kier molecular flexibility index (Phi) is 6.66. The molecule has 3 heterocycles. The Bertz CT molecular complexity index is 988. The maximum absolute atomic E-state index is 12.4. The molecule has 0 bridgehead atoms. The van der Waals surface area contributed by atoms with Crippen LogP contribution < -0.4 is 10.2 Å². The van der Waals surface area contributed by atoms with Gasteiger partial charge in [-0.05, 0) is 36.8 Å². The van der Waals surface area contributed by atoms with Gasteiger partial charge in [0.05, 0.1) is 26.0 Å². The third kappa shape index (κ3) is 5.40. The normalized spacial score (nSPS) is 14.0. The van der Waals surface area contributed by atoms with Gasteiger partial charge in [0.15, 0.2) is 5.16 Å². The van der Waals surface area contributed by atoms with Crippen LogP contribution in [0.4, 0.5) is 5.82 Å². The van der Waals surface area contributed by atoms with Crippen molar-refractivity contribution in [3.05, 3.63) is 71.3 Å². The fourth-order valence-electron chi connectivity index (χ4n) is 3.18. The van der Waals surface area contributed by atoms with Gasteiger partial charge in [-0.15, -0.1) is 0 Å². The van der Waals surface area contributed by atoms with Crippen molar-refractivity contribution >= 4 is 23.5 Å². The average Bonchev–Trinajstić information content (AvgIpc) is 3.30. The number of benzene rings is 1. The van der Waals surface area contributed by atoms with Crippen LogP contribution in [0.15, 0.2) is 58.3 Å². The molecule has 1 amide bonds. The zero-order chi connectivity index (χ0) is 20.8. The number of nitrogens with one attached hydrogen (secondary N) is 1. The molecule has 0 saturated carbocycles. The van der Waals surface area contributed by atoms with Crippen LogP contribution in [-0.4, -0.2) is 42.2 Å². The topological polar surface area (TPSA) is 80.5 Å². The molecular formula is C22H24N4O3S. The van der Waals surface area contributed by atoms with E-state index < -0.39 is 0 Å². The summed E-state index contributed by atoms with van der Waals surface area (Å²) in [5.41, 5.74) is 2.61. The number of anilines is 1. The van der Waals surface area contributed by atoms with Gasteiger partial charge in [-0.2, -0.15) is 0 Å². The molecule has 7 nitrogen and oxygen atoms in total. The quantitative estimate of drug-likeness (QED) is 0.460. The molecule has 156 valence electrons. The summed E-state index contributed by atoms with van der Waals surface area (Å²) < 4.78 is 10.7. The lowest BCUT2D eigenvalue weighted by atomic mass is 10.1. The third-order valence-electron chi connectivity index (χ3n) is 4.72. The Morgan fingerprint density at radius 3 is 2.83 bits per heavy atom. The van der Waals surface area contributed by atoms with E-state index in [2.05, 4.69) is 15.2 Å². The number of hydrogen-bond acceptors (Lipinski definition) is 7. The zero-order valence-corrected chi connectivity index (χ0v) is 17.7. The van der Waals surface area contributed by atoms with E-state index in [1.165, 1.54) is 0 Å². The second kappa shape index (κ2) is 9.77. The van der Waals surface area contributed by atoms with Gasteiger partial charge in [0.1, 0.15) is 11.6 Å². The first-order valence-electron chi connectivity index (χ1n) is 9.88. The van der Waals surface area contributed by atoms with Crippen LogP contribution in [0.25, 0.3) is 0 Å². The molecule has 1 saturated heterocycles. The van der Waals surface area contributed by atoms with Crippen LogP contribution in [-0.2, 0) is 17.0 Å². The molecule has 0 unspecified atom stereocenters. The Morgan fingerprint density at radius 2 is 2.03 bits per heavy atom. The van der Waals surface area contributed by atoms with E-state index in [9.17, 15) is 4.79 Å². The van der Waals surface area contributed by atoms with Crippen molar-refractivity contribution < 1.29 is 13.9 Å². The molecular weight excluding hydrogens is 400 g/mol. The molecule has 3 aromatic rings. The van der Waals surface area contributed by atoms with E-state index in [-0.39, 0.29) is 5.91 Å². The van der Waals surface area contributed by atoms with Crippen molar-refractivity contribution in [2.45, 2.75) is 24.4 Å². The van der Waals surface area contributed by atoms with Crippen LogP contribution in [0, 0.1) is 6.92 Å². The summed E-state index contributed by atoms with van der Waals surface area (Å²) in [6.07, 6.45) is 1.59. The Morgan fingerprint density at radius 1 is 1.17 bits per heavy atom. The van der Waals surface area contributed by atoms with Crippen molar-refractivity contribution in [3.8, 4) is 0 Å². The number of aryl methyl sites for hydroxylation is 1. The second-order valence-corrected chi connectivity index (χ2v) is 7.94. The van der Waals surface area contributed by atoms with Crippen molar-refractivity contribution in [1.82, 2.24) is 15.3 Å². The fraction of sp³-hybridized carbons (Fsp3) is 0.318. The van der Waals surface area contributed by atoms with Crippen LogP contribution >= 0.6 is 11.8 Å². The smallest absolute Gasteiger partial charge is 0.251 e. The SMILES string of the molecule is Cc1cc(N2CCOCC2)nc(SCc2cccc(C(=O)NCc3ccco3)c2)n1. The fourth-order valence-corrected chi connectivity index (χ4v) is 4.02. The number of ether oxygens (including phenoxy) is 1. The molecule has 0 aliphatic carbocycles. The molecule has 1 aliphatic rings. The molecule has 4 rings (SSSR count). The number of rotatable bonds is 7. The van der Waals surface area contributed by atoms with Gasteiger partial charge in [0.25, 0.3) is 5.91 Å². The summed E-state index contributed by atoms with van der Waals surface area (Å²) in [4.78, 5) is 23.9. The molecule has 0 atom stereocenters. The summed E-state index contributed by atoms with van der Waals surface area (Å²) in [6, 6.07) is 13.3. The van der Waals surface area contributed by atoms with Gasteiger partial charge < -0.3 is 19.4 Å². The van der Waals surface area contributed by atoms with E-state index in [1.807, 2.05) is 43.3 Å². The minimum Gasteiger partial charge on any atom is -0.467 e. The lowest BCUT2D eigenvalue weighted by Gasteiger charge is -2.28. The molecule has 1 aliphatic heterocycles. The van der Waals surface area contributed by atoms with Crippen molar-refractivity contribution in [3.63, 3.8) is 0 Å². The minimum absolute atomic E-state index is 0.125. The van der Waals surface area contributed by atoms with Gasteiger partial charge in [-0.25, -0.2) is 9.97 Å². The number of carbonyl (C=O) groups excluding carboxylic acids is 1. The van der Waals surface area contributed by atoms with Gasteiger partial charge in [-0.1, -0.05) is 23.9 Å². The van der Waals surface area contributed by atoms with Gasteiger partial charge in [-0.3, -0.25) is 4.79 Å². The highest BCUT2D eigenvalue weighted by molar-refractivity contribution is 7.98. The highest BCUT2D eigenvalue weighted by Crippen LogP contribution is 2.23. The molecule has 1 fully saturated rings. The van der Waals surface area contributed by atoms with E-state index in [1.54, 1.807) is 24.1 Å². The van der Waals surface area contributed by atoms with Crippen LogP contribution in [0.1, 0.15) is 27.4 Å². The summed E-state index contributed by atoms with van der Waals surface area (Å²) >= 11 is 1.57. The number of carbonyl (C=O) groups is 1. The molecule has 8 heteroatoms. The number of amides is 1. The van der Waals surface area contributed by atoms with Gasteiger partial charge in [0, 0.05) is 36.2 Å². The Hall–Kier alpha value is -2.84. The van der Waals surface area contributed by atoms with Gasteiger partial charge in [0.2, 0.25) is 0 Å². The first-order chi connectivity index (χ1) is 14.7. The van der Waals surface area contributed by atoms with Gasteiger partial charge >= 0.3 is 0 Å². The van der Waals surface area contributed by atoms with Crippen LogP contribution in [0.5, 0.6) is 0 Å². The highest BCUT2D eigenvalue weighted by atomic mass is 32.2. The lowest BCUT2D eigenvalue weighted by molar-refractivity contribution is 0.0948. The monoisotopic (exact) mass is 424 g/mol. The molecule has 0 radical (unpaired) electrons. The second-order valence-electron chi connectivity index (χ2n) is 7.00. The Balaban J connectivity index is 1.38. The van der Waals surface area contributed by atoms with E-state index in [0.717, 1.165) is 54.3 Å². The van der Waals surface area contributed by atoms with E-state index in [0.29, 0.717) is 17.9 Å². The maximum atomic E-state index is 12.4. The van der Waals surface area contributed by atoms with E-state index in [4.69, 9.17) is 14.1 Å². The number of morpholine rings is 1. The van der Waals surface area contributed by atoms with Crippen molar-refractivity contribution in [1.29, 1.82) is 0 Å². The Labute approximate surface area is 179 Å². The summed E-state index contributed by atoms with van der Waals surface area (Å²) in [5.74, 6) is 2.23. The largest absolute Gasteiger partial charge is 0.467 e. The van der Waals surface area contributed by atoms with Crippen molar-refractivity contribution in [2.24, 2.45) is 0 Å². The number of hydrogen-bond donors (Lipinski definition) is 1. The average molecular weight is 425 g/mol. The third-order valence-corrected chi connectivity index (χ3v) is 5.63. The summed E-state index contributed by atoms with van der Waals surface area (Å²) in [7, 11) is 0. The predicted molar refractivity (Wildman–Crippen MR) is 116 cm³/mol. The zero-order valence-electron chi connectivity index (χ0n) is 16.8. The van der Waals surface area contributed by atoms with Crippen molar-refractivity contribution in [2.75, 3.05) is 31.2 Å². The van der Waals surface area contributed by atoms with Crippen LogP contribution in [0.2, 0.25) is 0 Å². The highest BCUT2D eigenvalue weighted by Gasteiger charge is 2.14. The first-order valence-corrected chi connectivity index (χ1v) is 10.9. The number of furan rings is 1. The molecule has 1 N–H and O–H groups in total. The molecule has 1 aromatic carbocycles. The first kappa shape index (κ1) is 20.4. The number of nitrogens with zero attached hydrogens (tertiary/aromatic N) is 3. The summed E-state index contributed by atoms with van der Waals surface area (Å²) in [6.45, 7) is 5.48. The van der Waals surface area contributed by atoms with Crippen LogP contribution in [0.3, 0.4) is 0 Å². The predicted octanol–water partition coefficient (Wildman–Crippen LogP) is 3.44. The standard InChI is InChI=1S/C22H24N4O3S/c1-16-12-20(26-7-10-28-11-8-26)25-22(24-16)30-15-17-4-2-5-18(13-17)21(27)23-14-19-6-3-9-29-19/h2-6,9,12-13H,7-8,10-11,14-15H2,1H3,(H,23,27). The molecule has 2 aromatic heterocycles. The molecule has 0 spiro atoms. The van der Waals surface area contributed by atoms with E-state index >= 15 is 0 Å². The summed E-state index contributed by atoms with van der Waals surface area (Å²) in [5, 5.41) is 3.61. The lowest BCUT2D eigenvalue weighted by Crippen LogP contribution is -2.36. The number of thioether (sulfide) groups is 1. The minimum atomic E-state index is -0.125. The molecule has 30 heavy (non-hydrogen) atoms.